The van der Waals surface area contributed by atoms with E-state index in [2.05, 4.69) is 22.2 Å². The number of H-pyrrole nitrogens is 2. The molecule has 0 aliphatic carbocycles. The molecule has 1 aromatic rings. The zero-order valence-electron chi connectivity index (χ0n) is 9.65. The third-order valence-electron chi connectivity index (χ3n) is 1.70. The van der Waals surface area contributed by atoms with E-state index < -0.39 is 24.1 Å². The van der Waals surface area contributed by atoms with Gasteiger partial charge in [-0.05, 0) is 19.1 Å². The summed E-state index contributed by atoms with van der Waals surface area (Å²) in [6.45, 7) is 1.78. The van der Waals surface area contributed by atoms with Crippen LogP contribution in [-0.2, 0) is 9.59 Å². The van der Waals surface area contributed by atoms with Crippen molar-refractivity contribution in [3.8, 4) is 0 Å². The average Bonchev–Trinajstić information content (AvgIpc) is 2.25. The predicted octanol–water partition coefficient (Wildman–Crippen LogP) is -1.38. The van der Waals surface area contributed by atoms with E-state index in [-0.39, 0.29) is 5.56 Å². The van der Waals surface area contributed by atoms with Crippen LogP contribution >= 0.6 is 12.2 Å². The second-order valence-corrected chi connectivity index (χ2v) is 3.75. The highest BCUT2D eigenvalue weighted by atomic mass is 32.1. The van der Waals surface area contributed by atoms with Crippen molar-refractivity contribution in [3.63, 3.8) is 0 Å². The summed E-state index contributed by atoms with van der Waals surface area (Å²) in [5.41, 5.74) is 0.625. The zero-order chi connectivity index (χ0) is 15.2. The first-order valence-corrected chi connectivity index (χ1v) is 5.18. The minimum Gasteiger partial charge on any atom is -0.479 e. The lowest BCUT2D eigenvalue weighted by molar-refractivity contribution is -0.165. The van der Waals surface area contributed by atoms with Crippen molar-refractivity contribution in [2.24, 2.45) is 0 Å². The van der Waals surface area contributed by atoms with E-state index in [9.17, 15) is 14.4 Å². The molecule has 0 radical (unpaired) electrons. The Hall–Kier alpha value is -2.04. The third-order valence-corrected chi connectivity index (χ3v) is 1.90. The molecule has 0 spiro atoms. The molecule has 0 fully saturated rings. The van der Waals surface area contributed by atoms with Gasteiger partial charge in [0, 0.05) is 11.8 Å². The largest absolute Gasteiger partial charge is 0.479 e. The molecule has 19 heavy (non-hydrogen) atoms. The standard InChI is InChI=1S/C5H6N2OS.C4H6O6/c1-3-2-4(8)7-5(9)6-3;5-1(3(7)8)2(6)4(9)10/h2H,1H3,(H2,6,7,8,9);1-2,5-6H,(H,7,8)(H,9,10). The number of carboxylic acids is 2. The minimum absolute atomic E-state index is 0.156. The molecule has 0 aliphatic heterocycles. The average molecular weight is 292 g/mol. The Balaban J connectivity index is 0.000000342. The van der Waals surface area contributed by atoms with Crippen LogP contribution in [0.5, 0.6) is 0 Å². The number of rotatable bonds is 3. The highest BCUT2D eigenvalue weighted by molar-refractivity contribution is 7.71. The Kier molecular flexibility index (Phi) is 6.61. The van der Waals surface area contributed by atoms with E-state index in [4.69, 9.17) is 20.4 Å². The molecule has 2 atom stereocenters. The van der Waals surface area contributed by atoms with Crippen LogP contribution in [0.2, 0.25) is 0 Å². The van der Waals surface area contributed by atoms with Gasteiger partial charge in [0.05, 0.1) is 0 Å². The molecule has 0 bridgehead atoms. The van der Waals surface area contributed by atoms with Gasteiger partial charge in [0.15, 0.2) is 17.0 Å². The second-order valence-electron chi connectivity index (χ2n) is 3.34. The number of aromatic amines is 2. The lowest BCUT2D eigenvalue weighted by Gasteiger charge is -2.07. The Morgan fingerprint density at radius 1 is 1.16 bits per heavy atom. The molecule has 0 aliphatic rings. The number of aromatic nitrogens is 2. The van der Waals surface area contributed by atoms with Crippen molar-refractivity contribution in [1.82, 2.24) is 9.97 Å². The van der Waals surface area contributed by atoms with E-state index in [0.29, 0.717) is 4.77 Å². The SMILES string of the molecule is Cc1cc(=O)[nH]c(=S)[nH]1.O=C(O)C(O)C(O)C(=O)O. The summed E-state index contributed by atoms with van der Waals surface area (Å²) in [6.07, 6.45) is -4.53. The lowest BCUT2D eigenvalue weighted by atomic mass is 10.2. The van der Waals surface area contributed by atoms with Gasteiger partial charge in [0.2, 0.25) is 0 Å². The fourth-order valence-electron chi connectivity index (χ4n) is 0.861. The van der Waals surface area contributed by atoms with Crippen LogP contribution in [0.4, 0.5) is 0 Å². The fourth-order valence-corrected chi connectivity index (χ4v) is 1.12. The summed E-state index contributed by atoms with van der Waals surface area (Å²) < 4.78 is 0.375. The Labute approximate surface area is 111 Å². The zero-order valence-corrected chi connectivity index (χ0v) is 10.5. The van der Waals surface area contributed by atoms with E-state index in [1.165, 1.54) is 6.07 Å². The van der Waals surface area contributed by atoms with Gasteiger partial charge in [0.1, 0.15) is 0 Å². The molecule has 10 heteroatoms. The van der Waals surface area contributed by atoms with E-state index in [1.54, 1.807) is 6.92 Å². The van der Waals surface area contributed by atoms with Crippen molar-refractivity contribution in [3.05, 3.63) is 26.9 Å². The van der Waals surface area contributed by atoms with Gasteiger partial charge in [0.25, 0.3) is 5.56 Å². The molecule has 9 nitrogen and oxygen atoms in total. The van der Waals surface area contributed by atoms with Crippen molar-refractivity contribution < 1.29 is 30.0 Å². The molecule has 2 unspecified atom stereocenters. The maximum absolute atomic E-state index is 10.6. The molecule has 0 aromatic carbocycles. The molecule has 0 saturated heterocycles. The molecule has 106 valence electrons. The highest BCUT2D eigenvalue weighted by Gasteiger charge is 2.29. The molecule has 1 rings (SSSR count). The maximum Gasteiger partial charge on any atom is 0.335 e. The fraction of sp³-hybridized carbons (Fsp3) is 0.333. The van der Waals surface area contributed by atoms with Crippen molar-refractivity contribution >= 4 is 24.2 Å². The van der Waals surface area contributed by atoms with Crippen molar-refractivity contribution in [1.29, 1.82) is 0 Å². The smallest absolute Gasteiger partial charge is 0.335 e. The number of aliphatic hydroxyl groups excluding tert-OH is 2. The van der Waals surface area contributed by atoms with Gasteiger partial charge in [-0.3, -0.25) is 9.78 Å². The molecule has 1 aromatic heterocycles. The van der Waals surface area contributed by atoms with Gasteiger partial charge in [-0.25, -0.2) is 9.59 Å². The minimum atomic E-state index is -2.27. The van der Waals surface area contributed by atoms with Crippen LogP contribution in [0.15, 0.2) is 10.9 Å². The second kappa shape index (κ2) is 7.41. The van der Waals surface area contributed by atoms with Crippen LogP contribution in [0.1, 0.15) is 5.69 Å². The lowest BCUT2D eigenvalue weighted by Crippen LogP contribution is -2.39. The first kappa shape index (κ1) is 17.0. The van der Waals surface area contributed by atoms with Crippen molar-refractivity contribution in [2.45, 2.75) is 19.1 Å². The summed E-state index contributed by atoms with van der Waals surface area (Å²) in [6, 6.07) is 1.45. The summed E-state index contributed by atoms with van der Waals surface area (Å²) in [5, 5.41) is 32.5. The van der Waals surface area contributed by atoms with Crippen molar-refractivity contribution in [2.75, 3.05) is 0 Å². The van der Waals surface area contributed by atoms with Crippen LogP contribution in [0, 0.1) is 11.7 Å². The summed E-state index contributed by atoms with van der Waals surface area (Å²) in [5.74, 6) is -3.54. The molecule has 1 heterocycles. The van der Waals surface area contributed by atoms with Gasteiger partial charge in [-0.1, -0.05) is 0 Å². The highest BCUT2D eigenvalue weighted by Crippen LogP contribution is 1.92. The van der Waals surface area contributed by atoms with E-state index >= 15 is 0 Å². The third kappa shape index (κ3) is 6.45. The van der Waals surface area contributed by atoms with Gasteiger partial charge >= 0.3 is 11.9 Å². The van der Waals surface area contributed by atoms with Crippen LogP contribution in [0.3, 0.4) is 0 Å². The van der Waals surface area contributed by atoms with Gasteiger partial charge in [-0.2, -0.15) is 0 Å². The predicted molar refractivity (Wildman–Crippen MR) is 64.3 cm³/mol. The number of carboxylic acid groups (broad SMARTS) is 2. The summed E-state index contributed by atoms with van der Waals surface area (Å²) in [4.78, 5) is 35.3. The molecule has 6 N–H and O–H groups in total. The monoisotopic (exact) mass is 292 g/mol. The summed E-state index contributed by atoms with van der Waals surface area (Å²) in [7, 11) is 0. The van der Waals surface area contributed by atoms with Gasteiger partial charge in [-0.15, -0.1) is 0 Å². The molecular formula is C9H12N2O7S. The Bertz CT molecular complexity index is 518. The first-order chi connectivity index (χ1) is 8.65. The number of aliphatic carboxylic acids is 2. The van der Waals surface area contributed by atoms with Crippen LogP contribution in [-0.4, -0.2) is 54.5 Å². The first-order valence-electron chi connectivity index (χ1n) is 4.77. The van der Waals surface area contributed by atoms with E-state index in [0.717, 1.165) is 5.69 Å². The maximum atomic E-state index is 10.6. The number of carbonyl (C=O) groups is 2. The van der Waals surface area contributed by atoms with Crippen LogP contribution in [0.25, 0.3) is 0 Å². The molecule has 0 saturated carbocycles. The Morgan fingerprint density at radius 2 is 1.58 bits per heavy atom. The summed E-state index contributed by atoms with van der Waals surface area (Å²) >= 11 is 4.68. The number of hydrogen-bond acceptors (Lipinski definition) is 6. The molecular weight excluding hydrogens is 280 g/mol. The topological polar surface area (TPSA) is 164 Å². The normalized spacial score (nSPS) is 12.8. The number of aliphatic hydroxyl groups is 2. The quantitative estimate of drug-likeness (QED) is 0.371. The number of aryl methyl sites for hydroxylation is 1. The van der Waals surface area contributed by atoms with E-state index in [1.807, 2.05) is 0 Å². The number of nitrogens with one attached hydrogen (secondary N) is 2. The van der Waals surface area contributed by atoms with Crippen LogP contribution < -0.4 is 5.56 Å². The van der Waals surface area contributed by atoms with Gasteiger partial charge < -0.3 is 25.4 Å². The Morgan fingerprint density at radius 3 is 1.84 bits per heavy atom. The number of hydrogen-bond donors (Lipinski definition) is 6. The molecule has 0 amide bonds.